The fourth-order valence-corrected chi connectivity index (χ4v) is 4.04. The Kier molecular flexibility index (Phi) is 7.08. The van der Waals surface area contributed by atoms with Gasteiger partial charge in [0.2, 0.25) is 10.0 Å². The maximum absolute atomic E-state index is 12.4. The molecule has 0 saturated carbocycles. The third-order valence-electron chi connectivity index (χ3n) is 4.44. The summed E-state index contributed by atoms with van der Waals surface area (Å²) in [5.41, 5.74) is 1.17. The molecule has 1 fully saturated rings. The van der Waals surface area contributed by atoms with Gasteiger partial charge in [-0.05, 0) is 49.0 Å². The number of nitrogens with zero attached hydrogens (tertiary/aromatic N) is 1. The molecule has 4 nitrogen and oxygen atoms in total. The van der Waals surface area contributed by atoms with Gasteiger partial charge in [-0.3, -0.25) is 4.90 Å². The van der Waals surface area contributed by atoms with E-state index in [1.165, 1.54) is 0 Å². The van der Waals surface area contributed by atoms with Crippen LogP contribution >= 0.6 is 12.4 Å². The highest BCUT2D eigenvalue weighted by atomic mass is 35.5. The van der Waals surface area contributed by atoms with Crippen molar-refractivity contribution in [3.63, 3.8) is 0 Å². The van der Waals surface area contributed by atoms with Crippen LogP contribution in [0.25, 0.3) is 0 Å². The molecule has 1 unspecified atom stereocenters. The van der Waals surface area contributed by atoms with Gasteiger partial charge in [-0.2, -0.15) is 0 Å². The van der Waals surface area contributed by atoms with Crippen molar-refractivity contribution < 1.29 is 8.42 Å². The summed E-state index contributed by atoms with van der Waals surface area (Å²) >= 11 is 0. The molecule has 0 amide bonds. The lowest BCUT2D eigenvalue weighted by molar-refractivity contribution is 0.268. The summed E-state index contributed by atoms with van der Waals surface area (Å²) in [6.07, 6.45) is 2.22. The van der Waals surface area contributed by atoms with Crippen molar-refractivity contribution in [2.45, 2.75) is 56.9 Å². The van der Waals surface area contributed by atoms with Crippen LogP contribution in [0.5, 0.6) is 0 Å². The summed E-state index contributed by atoms with van der Waals surface area (Å²) in [4.78, 5) is 2.69. The number of benzene rings is 1. The van der Waals surface area contributed by atoms with Gasteiger partial charge in [0.15, 0.2) is 0 Å². The van der Waals surface area contributed by atoms with E-state index < -0.39 is 10.0 Å². The van der Waals surface area contributed by atoms with E-state index in [1.807, 2.05) is 12.1 Å². The van der Waals surface area contributed by atoms with E-state index in [2.05, 4.69) is 37.3 Å². The third-order valence-corrected chi connectivity index (χ3v) is 5.88. The smallest absolute Gasteiger partial charge is 0.240 e. The van der Waals surface area contributed by atoms with Crippen LogP contribution in [0.4, 0.5) is 0 Å². The summed E-state index contributed by atoms with van der Waals surface area (Å²) in [7, 11) is -3.42. The van der Waals surface area contributed by atoms with E-state index in [0.29, 0.717) is 17.5 Å². The van der Waals surface area contributed by atoms with E-state index in [4.69, 9.17) is 0 Å². The second-order valence-corrected chi connectivity index (χ2v) is 8.82. The van der Waals surface area contributed by atoms with Crippen LogP contribution in [0.2, 0.25) is 0 Å². The molecular formula is C17H29ClN2O2S. The average molecular weight is 361 g/mol. The molecule has 1 aliphatic heterocycles. The van der Waals surface area contributed by atoms with Gasteiger partial charge in [0.25, 0.3) is 0 Å². The highest BCUT2D eigenvalue weighted by Gasteiger charge is 2.25. The molecule has 2 rings (SSSR count). The Labute approximate surface area is 147 Å². The highest BCUT2D eigenvalue weighted by Crippen LogP contribution is 2.23. The number of likely N-dealkylation sites (tertiary alicyclic amines) is 1. The molecule has 0 aromatic heterocycles. The van der Waals surface area contributed by atoms with Crippen molar-refractivity contribution in [2.75, 3.05) is 19.6 Å². The van der Waals surface area contributed by atoms with E-state index in [1.54, 1.807) is 12.1 Å². The quantitative estimate of drug-likeness (QED) is 0.877. The fraction of sp³-hybridized carbons (Fsp3) is 0.647. The zero-order valence-corrected chi connectivity index (χ0v) is 16.1. The Hall–Kier alpha value is -0.620. The minimum absolute atomic E-state index is 0. The second kappa shape index (κ2) is 7.97. The van der Waals surface area contributed by atoms with Crippen molar-refractivity contribution in [1.82, 2.24) is 9.62 Å². The zero-order chi connectivity index (χ0) is 16.4. The molecule has 1 atom stereocenters. The lowest BCUT2D eigenvalue weighted by Crippen LogP contribution is -2.40. The van der Waals surface area contributed by atoms with Crippen LogP contribution in [0.1, 0.15) is 46.1 Å². The fourth-order valence-electron chi connectivity index (χ4n) is 2.97. The second-order valence-electron chi connectivity index (χ2n) is 7.05. The standard InChI is InChI=1S/C17H28N2O2S.ClH/c1-5-19-12-6-7-15(19)13-18-22(20,21)16-10-8-14(9-11-16)17(2,3)4;/h8-11,15,18H,5-7,12-13H2,1-4H3;1H. The third kappa shape index (κ3) is 5.18. The van der Waals surface area contributed by atoms with Gasteiger partial charge in [0.1, 0.15) is 0 Å². The SMILES string of the molecule is CCN1CCCC1CNS(=O)(=O)c1ccc(C(C)(C)C)cc1.Cl. The summed E-state index contributed by atoms with van der Waals surface area (Å²) in [5, 5.41) is 0. The Bertz CT molecular complexity index is 594. The predicted octanol–water partition coefficient (Wildman–Crippen LogP) is 3.17. The summed E-state index contributed by atoms with van der Waals surface area (Å²) in [6, 6.07) is 7.54. The van der Waals surface area contributed by atoms with E-state index >= 15 is 0 Å². The largest absolute Gasteiger partial charge is 0.299 e. The summed E-state index contributed by atoms with van der Waals surface area (Å²) in [5.74, 6) is 0. The molecule has 6 heteroatoms. The van der Waals surface area contributed by atoms with Gasteiger partial charge in [-0.1, -0.05) is 39.8 Å². The van der Waals surface area contributed by atoms with Crippen molar-refractivity contribution >= 4 is 22.4 Å². The molecule has 1 heterocycles. The first-order valence-electron chi connectivity index (χ1n) is 8.08. The minimum Gasteiger partial charge on any atom is -0.299 e. The molecule has 1 saturated heterocycles. The van der Waals surface area contributed by atoms with Crippen LogP contribution in [-0.2, 0) is 15.4 Å². The van der Waals surface area contributed by atoms with Gasteiger partial charge in [0, 0.05) is 12.6 Å². The number of nitrogens with one attached hydrogen (secondary N) is 1. The van der Waals surface area contributed by atoms with Crippen molar-refractivity contribution in [1.29, 1.82) is 0 Å². The van der Waals surface area contributed by atoms with Crippen molar-refractivity contribution in [3.8, 4) is 0 Å². The topological polar surface area (TPSA) is 49.4 Å². The maximum Gasteiger partial charge on any atom is 0.240 e. The van der Waals surface area contributed by atoms with Crippen LogP contribution in [0.3, 0.4) is 0 Å². The van der Waals surface area contributed by atoms with E-state index in [-0.39, 0.29) is 17.8 Å². The summed E-state index contributed by atoms with van der Waals surface area (Å²) in [6.45, 7) is 11.0. The first kappa shape index (κ1) is 20.4. The minimum atomic E-state index is -3.42. The van der Waals surface area contributed by atoms with Crippen molar-refractivity contribution in [2.24, 2.45) is 0 Å². The normalized spacial score (nSPS) is 19.6. The number of sulfonamides is 1. The molecule has 1 aromatic carbocycles. The number of hydrogen-bond acceptors (Lipinski definition) is 3. The number of likely N-dealkylation sites (N-methyl/N-ethyl adjacent to an activating group) is 1. The summed E-state index contributed by atoms with van der Waals surface area (Å²) < 4.78 is 27.6. The lowest BCUT2D eigenvalue weighted by atomic mass is 9.87. The highest BCUT2D eigenvalue weighted by molar-refractivity contribution is 7.89. The Morgan fingerprint density at radius 2 is 1.83 bits per heavy atom. The monoisotopic (exact) mass is 360 g/mol. The lowest BCUT2D eigenvalue weighted by Gasteiger charge is -2.23. The predicted molar refractivity (Wildman–Crippen MR) is 97.8 cm³/mol. The van der Waals surface area contributed by atoms with Crippen molar-refractivity contribution in [3.05, 3.63) is 29.8 Å². The first-order chi connectivity index (χ1) is 10.2. The van der Waals surface area contributed by atoms with Gasteiger partial charge in [0.05, 0.1) is 4.90 Å². The molecule has 23 heavy (non-hydrogen) atoms. The van der Waals surface area contributed by atoms with Crippen LogP contribution in [0, 0.1) is 0 Å². The molecule has 132 valence electrons. The average Bonchev–Trinajstić information content (AvgIpc) is 2.92. The zero-order valence-electron chi connectivity index (χ0n) is 14.5. The Balaban J connectivity index is 0.00000264. The maximum atomic E-state index is 12.4. The number of hydrogen-bond donors (Lipinski definition) is 1. The van der Waals surface area contributed by atoms with Gasteiger partial charge in [-0.25, -0.2) is 13.1 Å². The molecule has 0 bridgehead atoms. The molecule has 0 spiro atoms. The van der Waals surface area contributed by atoms with Crippen LogP contribution in [-0.4, -0.2) is 39.0 Å². The molecule has 1 aliphatic rings. The molecule has 0 aliphatic carbocycles. The van der Waals surface area contributed by atoms with Gasteiger partial charge < -0.3 is 0 Å². The van der Waals surface area contributed by atoms with Gasteiger partial charge in [-0.15, -0.1) is 12.4 Å². The van der Waals surface area contributed by atoms with Crippen LogP contribution in [0.15, 0.2) is 29.2 Å². The van der Waals surface area contributed by atoms with E-state index in [9.17, 15) is 8.42 Å². The van der Waals surface area contributed by atoms with E-state index in [0.717, 1.165) is 31.5 Å². The van der Waals surface area contributed by atoms with Crippen LogP contribution < -0.4 is 4.72 Å². The molecule has 0 radical (unpaired) electrons. The number of halogens is 1. The molecule has 1 aromatic rings. The van der Waals surface area contributed by atoms with Gasteiger partial charge >= 0.3 is 0 Å². The Morgan fingerprint density at radius 3 is 2.35 bits per heavy atom. The first-order valence-corrected chi connectivity index (χ1v) is 9.56. The molecular weight excluding hydrogens is 332 g/mol. The Morgan fingerprint density at radius 1 is 1.22 bits per heavy atom. The number of rotatable bonds is 5. The molecule has 1 N–H and O–H groups in total.